The number of methoxy groups -OCH3 is 1. The van der Waals surface area contributed by atoms with Crippen LogP contribution in [-0.4, -0.2) is 29.9 Å². The summed E-state index contributed by atoms with van der Waals surface area (Å²) in [6.07, 6.45) is 2.18. The normalized spacial score (nSPS) is 13.5. The number of rotatable bonds is 7. The molecular weight excluding hydrogens is 384 g/mol. The van der Waals surface area contributed by atoms with Gasteiger partial charge in [-0.15, -0.1) is 0 Å². The number of benzene rings is 2. The molecule has 0 spiro atoms. The lowest BCUT2D eigenvalue weighted by Crippen LogP contribution is -2.38. The number of ether oxygens (including phenoxy) is 2. The van der Waals surface area contributed by atoms with Crippen molar-refractivity contribution in [2.45, 2.75) is 38.7 Å². The van der Waals surface area contributed by atoms with Crippen molar-refractivity contribution < 1.29 is 29.0 Å². The molecule has 0 heterocycles. The summed E-state index contributed by atoms with van der Waals surface area (Å²) < 4.78 is 10.4. The number of carbonyl (C=O) groups is 3. The predicted octanol–water partition coefficient (Wildman–Crippen LogP) is 4.27. The van der Waals surface area contributed by atoms with Crippen LogP contribution in [0.2, 0.25) is 0 Å². The van der Waals surface area contributed by atoms with E-state index in [-0.39, 0.29) is 16.5 Å². The number of carbonyl (C=O) groups excluding carboxylic acids is 2. The number of esters is 1. The highest BCUT2D eigenvalue weighted by Gasteiger charge is 2.42. The van der Waals surface area contributed by atoms with Crippen molar-refractivity contribution in [3.8, 4) is 5.75 Å². The van der Waals surface area contributed by atoms with E-state index < -0.39 is 23.3 Å². The van der Waals surface area contributed by atoms with Gasteiger partial charge in [-0.05, 0) is 35.3 Å². The molecule has 1 unspecified atom stereocenters. The molecule has 0 radical (unpaired) electrons. The van der Waals surface area contributed by atoms with Crippen molar-refractivity contribution in [2.75, 3.05) is 7.11 Å². The number of hydrogen-bond donors (Lipinski definition) is 1. The van der Waals surface area contributed by atoms with Gasteiger partial charge in [0.05, 0.1) is 12.7 Å². The summed E-state index contributed by atoms with van der Waals surface area (Å²) in [5, 5.41) is 9.98. The fraction of sp³-hybridized carbons (Fsp3) is 0.292. The van der Waals surface area contributed by atoms with Crippen molar-refractivity contribution in [3.05, 3.63) is 77.4 Å². The Morgan fingerprint density at radius 3 is 2.00 bits per heavy atom. The number of allylic oxidation sites excluding steroid dienone is 1. The molecule has 0 aliphatic rings. The van der Waals surface area contributed by atoms with Crippen molar-refractivity contribution in [1.29, 1.82) is 0 Å². The second-order valence-electron chi connectivity index (χ2n) is 7.86. The molecule has 0 saturated heterocycles. The van der Waals surface area contributed by atoms with Gasteiger partial charge in [0.15, 0.2) is 5.78 Å². The maximum atomic E-state index is 12.7. The predicted molar refractivity (Wildman–Crippen MR) is 113 cm³/mol. The quantitative estimate of drug-likeness (QED) is 0.416. The van der Waals surface area contributed by atoms with Crippen LogP contribution in [0, 0.1) is 0 Å². The zero-order valence-corrected chi connectivity index (χ0v) is 17.8. The minimum absolute atomic E-state index is 0.137. The number of carboxylic acids is 1. The van der Waals surface area contributed by atoms with Crippen molar-refractivity contribution in [2.24, 2.45) is 0 Å². The Bertz CT molecular complexity index is 966. The van der Waals surface area contributed by atoms with E-state index in [0.717, 1.165) is 24.6 Å². The average molecular weight is 410 g/mol. The highest BCUT2D eigenvalue weighted by atomic mass is 16.6. The van der Waals surface area contributed by atoms with Crippen LogP contribution >= 0.6 is 0 Å². The van der Waals surface area contributed by atoms with Crippen LogP contribution in [0.15, 0.2) is 60.7 Å². The molecule has 2 rings (SSSR count). The van der Waals surface area contributed by atoms with Crippen LogP contribution in [-0.2, 0) is 25.3 Å². The highest BCUT2D eigenvalue weighted by molar-refractivity contribution is 6.07. The van der Waals surface area contributed by atoms with Crippen LogP contribution in [0.5, 0.6) is 5.75 Å². The first-order valence-corrected chi connectivity index (χ1v) is 9.42. The van der Waals surface area contributed by atoms with Crippen molar-refractivity contribution >= 4 is 17.7 Å². The maximum absolute atomic E-state index is 12.7. The van der Waals surface area contributed by atoms with E-state index in [1.54, 1.807) is 48.5 Å². The Balaban J connectivity index is 2.54. The summed E-state index contributed by atoms with van der Waals surface area (Å²) in [5.74, 6) is -2.32. The number of para-hydroxylation sites is 1. The topological polar surface area (TPSA) is 89.9 Å². The first-order chi connectivity index (χ1) is 14.0. The molecule has 6 nitrogen and oxygen atoms in total. The Morgan fingerprint density at radius 1 is 0.933 bits per heavy atom. The molecule has 1 atom stereocenters. The lowest BCUT2D eigenvalue weighted by molar-refractivity contribution is -0.172. The third-order valence-electron chi connectivity index (χ3n) is 4.64. The van der Waals surface area contributed by atoms with E-state index in [1.807, 2.05) is 20.8 Å². The summed E-state index contributed by atoms with van der Waals surface area (Å²) in [4.78, 5) is 36.7. The van der Waals surface area contributed by atoms with E-state index in [2.05, 4.69) is 0 Å². The second-order valence-corrected chi connectivity index (χ2v) is 7.86. The average Bonchev–Trinajstić information content (AvgIpc) is 2.69. The van der Waals surface area contributed by atoms with E-state index in [1.165, 1.54) is 7.11 Å². The van der Waals surface area contributed by atoms with Gasteiger partial charge in [-0.2, -0.15) is 0 Å². The molecule has 0 aliphatic heterocycles. The van der Waals surface area contributed by atoms with E-state index in [4.69, 9.17) is 9.47 Å². The largest absolute Gasteiger partial charge is 0.496 e. The smallest absolute Gasteiger partial charge is 0.357 e. The Labute approximate surface area is 176 Å². The van der Waals surface area contributed by atoms with Gasteiger partial charge in [0.1, 0.15) is 5.75 Å². The molecule has 30 heavy (non-hydrogen) atoms. The second kappa shape index (κ2) is 8.95. The summed E-state index contributed by atoms with van der Waals surface area (Å²) in [6, 6.07) is 13.3. The van der Waals surface area contributed by atoms with Gasteiger partial charge < -0.3 is 14.6 Å². The molecule has 2 aromatic carbocycles. The summed E-state index contributed by atoms with van der Waals surface area (Å²) in [7, 11) is 1.44. The molecular formula is C24H26O6. The molecule has 0 aliphatic carbocycles. The van der Waals surface area contributed by atoms with Crippen LogP contribution in [0.25, 0.3) is 0 Å². The molecule has 0 bridgehead atoms. The van der Waals surface area contributed by atoms with Gasteiger partial charge in [-0.25, -0.2) is 4.79 Å². The minimum atomic E-state index is -2.14. The first kappa shape index (κ1) is 22.9. The van der Waals surface area contributed by atoms with E-state index >= 15 is 0 Å². The summed E-state index contributed by atoms with van der Waals surface area (Å²) in [5.41, 5.74) is -0.798. The molecule has 6 heteroatoms. The standard InChI is InChI=1S/C24H26O6/c1-16(25)30-24(22(27)28,18-12-10-17(11-13-18)23(2,3)4)15-14-20(26)19-8-6-7-9-21(19)29-5/h6-15H,1-5H3,(H,27,28)/b15-14+. The summed E-state index contributed by atoms with van der Waals surface area (Å²) >= 11 is 0. The van der Waals surface area contributed by atoms with Gasteiger partial charge in [-0.3, -0.25) is 9.59 Å². The zero-order valence-electron chi connectivity index (χ0n) is 17.8. The fourth-order valence-corrected chi connectivity index (χ4v) is 3.00. The van der Waals surface area contributed by atoms with Crippen LogP contribution in [0.1, 0.15) is 49.2 Å². The fourth-order valence-electron chi connectivity index (χ4n) is 3.00. The molecule has 1 N–H and O–H groups in total. The molecule has 158 valence electrons. The molecule has 0 aromatic heterocycles. The lowest BCUT2D eigenvalue weighted by atomic mass is 9.84. The van der Waals surface area contributed by atoms with Crippen molar-refractivity contribution in [1.82, 2.24) is 0 Å². The van der Waals surface area contributed by atoms with Gasteiger partial charge in [-0.1, -0.05) is 57.2 Å². The van der Waals surface area contributed by atoms with Crippen molar-refractivity contribution in [3.63, 3.8) is 0 Å². The maximum Gasteiger partial charge on any atom is 0.357 e. The molecule has 0 saturated carbocycles. The Kier molecular flexibility index (Phi) is 6.82. The molecule has 2 aromatic rings. The van der Waals surface area contributed by atoms with E-state index in [9.17, 15) is 19.5 Å². The third-order valence-corrected chi connectivity index (χ3v) is 4.64. The minimum Gasteiger partial charge on any atom is -0.496 e. The van der Waals surface area contributed by atoms with Gasteiger partial charge in [0.25, 0.3) is 5.60 Å². The zero-order chi connectivity index (χ0) is 22.5. The lowest BCUT2D eigenvalue weighted by Gasteiger charge is -2.27. The van der Waals surface area contributed by atoms with Gasteiger partial charge in [0.2, 0.25) is 0 Å². The van der Waals surface area contributed by atoms with Crippen LogP contribution < -0.4 is 4.74 Å². The Morgan fingerprint density at radius 2 is 1.50 bits per heavy atom. The number of aliphatic carboxylic acids is 1. The molecule has 0 amide bonds. The summed E-state index contributed by atoms with van der Waals surface area (Å²) in [6.45, 7) is 7.22. The van der Waals surface area contributed by atoms with Gasteiger partial charge >= 0.3 is 11.9 Å². The highest BCUT2D eigenvalue weighted by Crippen LogP contribution is 2.32. The Hall–Kier alpha value is -3.41. The third kappa shape index (κ3) is 4.95. The number of hydrogen-bond acceptors (Lipinski definition) is 5. The SMILES string of the molecule is COc1ccccc1C(=O)/C=C/C(OC(C)=O)(C(=O)O)c1ccc(C(C)(C)C)cc1. The first-order valence-electron chi connectivity index (χ1n) is 9.42. The van der Waals surface area contributed by atoms with Crippen LogP contribution in [0.4, 0.5) is 0 Å². The van der Waals surface area contributed by atoms with Crippen LogP contribution in [0.3, 0.4) is 0 Å². The number of ketones is 1. The van der Waals surface area contributed by atoms with E-state index in [0.29, 0.717) is 5.75 Å². The monoisotopic (exact) mass is 410 g/mol. The van der Waals surface area contributed by atoms with Gasteiger partial charge in [0, 0.05) is 12.5 Å². The number of carboxylic acid groups (broad SMARTS) is 1. The molecule has 0 fully saturated rings.